The third kappa shape index (κ3) is 1.95. The molecular weight excluding hydrogens is 156 g/mol. The minimum atomic E-state index is -0.696. The summed E-state index contributed by atoms with van der Waals surface area (Å²) in [5, 5.41) is 8.85. The van der Waals surface area contributed by atoms with Crippen LogP contribution in [-0.4, -0.2) is 42.7 Å². The Labute approximate surface area is 72.3 Å². The third-order valence-electron chi connectivity index (χ3n) is 2.56. The van der Waals surface area contributed by atoms with E-state index >= 15 is 0 Å². The number of aliphatic carboxylic acids is 1. The van der Waals surface area contributed by atoms with Gasteiger partial charge in [-0.15, -0.1) is 0 Å². The Bertz CT molecular complexity index is 172. The van der Waals surface area contributed by atoms with Crippen LogP contribution in [0.15, 0.2) is 0 Å². The number of carbonyl (C=O) groups is 1. The van der Waals surface area contributed by atoms with E-state index in [2.05, 4.69) is 4.90 Å². The number of hydrogen-bond donors (Lipinski definition) is 2. The Morgan fingerprint density at radius 3 is 2.92 bits per heavy atom. The van der Waals surface area contributed by atoms with Crippen molar-refractivity contribution < 1.29 is 9.90 Å². The fourth-order valence-corrected chi connectivity index (χ4v) is 1.78. The van der Waals surface area contributed by atoms with E-state index in [9.17, 15) is 4.79 Å². The molecular formula is C8H16N2O2. The van der Waals surface area contributed by atoms with Gasteiger partial charge >= 0.3 is 5.97 Å². The lowest BCUT2D eigenvalue weighted by molar-refractivity contribution is -0.145. The summed E-state index contributed by atoms with van der Waals surface area (Å²) >= 11 is 0. The summed E-state index contributed by atoms with van der Waals surface area (Å²) in [6.45, 7) is 2.16. The predicted octanol–water partition coefficient (Wildman–Crippen LogP) is -0.402. The van der Waals surface area contributed by atoms with Crippen LogP contribution in [0.5, 0.6) is 0 Å². The van der Waals surface area contributed by atoms with Gasteiger partial charge in [-0.05, 0) is 32.5 Å². The lowest BCUT2D eigenvalue weighted by atomic mass is 9.86. The first kappa shape index (κ1) is 9.48. The summed E-state index contributed by atoms with van der Waals surface area (Å²) in [4.78, 5) is 12.9. The predicted molar refractivity (Wildman–Crippen MR) is 45.8 cm³/mol. The van der Waals surface area contributed by atoms with Crippen molar-refractivity contribution in [2.24, 2.45) is 17.6 Å². The average molecular weight is 172 g/mol. The molecule has 0 unspecified atom stereocenters. The van der Waals surface area contributed by atoms with Crippen LogP contribution in [0.2, 0.25) is 0 Å². The summed E-state index contributed by atoms with van der Waals surface area (Å²) in [6.07, 6.45) is 0.730. The molecule has 1 fully saturated rings. The van der Waals surface area contributed by atoms with Crippen molar-refractivity contribution >= 4 is 5.97 Å². The van der Waals surface area contributed by atoms with Crippen LogP contribution in [0.3, 0.4) is 0 Å². The second kappa shape index (κ2) is 3.87. The van der Waals surface area contributed by atoms with Crippen LogP contribution in [0.1, 0.15) is 6.42 Å². The smallest absolute Gasteiger partial charge is 0.306 e. The zero-order valence-corrected chi connectivity index (χ0v) is 7.36. The zero-order valence-electron chi connectivity index (χ0n) is 7.36. The number of carboxylic acids is 1. The maximum absolute atomic E-state index is 10.8. The second-order valence-corrected chi connectivity index (χ2v) is 3.49. The zero-order chi connectivity index (χ0) is 9.14. The number of nitrogens with zero attached hydrogens (tertiary/aromatic N) is 1. The molecule has 0 saturated carbocycles. The highest BCUT2D eigenvalue weighted by Crippen LogP contribution is 2.21. The third-order valence-corrected chi connectivity index (χ3v) is 2.56. The lowest BCUT2D eigenvalue weighted by Gasteiger charge is -2.33. The van der Waals surface area contributed by atoms with Gasteiger partial charge in [-0.25, -0.2) is 0 Å². The minimum Gasteiger partial charge on any atom is -0.481 e. The Hall–Kier alpha value is -0.610. The van der Waals surface area contributed by atoms with E-state index in [0.717, 1.165) is 19.5 Å². The van der Waals surface area contributed by atoms with Gasteiger partial charge in [-0.2, -0.15) is 0 Å². The van der Waals surface area contributed by atoms with Crippen molar-refractivity contribution in [1.29, 1.82) is 0 Å². The number of nitrogens with two attached hydrogens (primary N) is 1. The molecule has 1 aliphatic heterocycles. The molecule has 1 saturated heterocycles. The Kier molecular flexibility index (Phi) is 3.05. The fraction of sp³-hybridized carbons (Fsp3) is 0.875. The highest BCUT2D eigenvalue weighted by molar-refractivity contribution is 5.70. The SMILES string of the molecule is CN1CC[C@@H](C(=O)O)[C@@H](CN)C1. The first-order valence-electron chi connectivity index (χ1n) is 4.26. The molecule has 0 radical (unpaired) electrons. The Morgan fingerprint density at radius 1 is 1.75 bits per heavy atom. The molecule has 0 aromatic carbocycles. The standard InChI is InChI=1S/C8H16N2O2/c1-10-3-2-7(8(11)12)6(4-9)5-10/h6-7H,2-5,9H2,1H3,(H,11,12)/t6-,7+/m0/s1. The number of hydrogen-bond acceptors (Lipinski definition) is 3. The van der Waals surface area contributed by atoms with Crippen molar-refractivity contribution in [3.8, 4) is 0 Å². The summed E-state index contributed by atoms with van der Waals surface area (Å²) in [7, 11) is 2.00. The highest BCUT2D eigenvalue weighted by Gasteiger charge is 2.31. The van der Waals surface area contributed by atoms with E-state index in [0.29, 0.717) is 6.54 Å². The number of carboxylic acid groups (broad SMARTS) is 1. The van der Waals surface area contributed by atoms with Gasteiger partial charge in [0.2, 0.25) is 0 Å². The van der Waals surface area contributed by atoms with Crippen LogP contribution in [0.4, 0.5) is 0 Å². The van der Waals surface area contributed by atoms with Crippen molar-refractivity contribution in [3.63, 3.8) is 0 Å². The number of rotatable bonds is 2. The molecule has 0 spiro atoms. The van der Waals surface area contributed by atoms with Gasteiger partial charge in [0, 0.05) is 6.54 Å². The lowest BCUT2D eigenvalue weighted by Crippen LogP contribution is -2.44. The van der Waals surface area contributed by atoms with Gasteiger partial charge in [-0.1, -0.05) is 0 Å². The molecule has 0 amide bonds. The molecule has 1 heterocycles. The molecule has 0 aromatic heterocycles. The van der Waals surface area contributed by atoms with E-state index in [1.165, 1.54) is 0 Å². The van der Waals surface area contributed by atoms with E-state index in [1.807, 2.05) is 7.05 Å². The van der Waals surface area contributed by atoms with E-state index in [-0.39, 0.29) is 11.8 Å². The van der Waals surface area contributed by atoms with Crippen LogP contribution in [0, 0.1) is 11.8 Å². The van der Waals surface area contributed by atoms with Crippen LogP contribution in [-0.2, 0) is 4.79 Å². The molecule has 70 valence electrons. The summed E-state index contributed by atoms with van der Waals surface area (Å²) in [5.41, 5.74) is 5.50. The maximum Gasteiger partial charge on any atom is 0.306 e. The molecule has 12 heavy (non-hydrogen) atoms. The van der Waals surface area contributed by atoms with Gasteiger partial charge < -0.3 is 15.7 Å². The summed E-state index contributed by atoms with van der Waals surface area (Å²) in [6, 6.07) is 0. The second-order valence-electron chi connectivity index (χ2n) is 3.49. The maximum atomic E-state index is 10.8. The minimum absolute atomic E-state index is 0.126. The number of piperidine rings is 1. The Balaban J connectivity index is 2.56. The molecule has 4 nitrogen and oxygen atoms in total. The summed E-state index contributed by atoms with van der Waals surface area (Å²) < 4.78 is 0. The molecule has 2 atom stereocenters. The fourth-order valence-electron chi connectivity index (χ4n) is 1.78. The molecule has 3 N–H and O–H groups in total. The van der Waals surface area contributed by atoms with Crippen molar-refractivity contribution in [3.05, 3.63) is 0 Å². The first-order chi connectivity index (χ1) is 5.65. The molecule has 1 rings (SSSR count). The molecule has 0 aromatic rings. The van der Waals surface area contributed by atoms with Crippen LogP contribution in [0.25, 0.3) is 0 Å². The van der Waals surface area contributed by atoms with E-state index < -0.39 is 5.97 Å². The van der Waals surface area contributed by atoms with Crippen molar-refractivity contribution in [2.45, 2.75) is 6.42 Å². The van der Waals surface area contributed by atoms with Gasteiger partial charge in [0.15, 0.2) is 0 Å². The molecule has 1 aliphatic rings. The van der Waals surface area contributed by atoms with E-state index in [1.54, 1.807) is 0 Å². The molecule has 4 heteroatoms. The van der Waals surface area contributed by atoms with Gasteiger partial charge in [0.25, 0.3) is 0 Å². The van der Waals surface area contributed by atoms with Gasteiger partial charge in [-0.3, -0.25) is 4.79 Å². The van der Waals surface area contributed by atoms with E-state index in [4.69, 9.17) is 10.8 Å². The summed E-state index contributed by atoms with van der Waals surface area (Å²) in [5.74, 6) is -0.800. The largest absolute Gasteiger partial charge is 0.481 e. The topological polar surface area (TPSA) is 66.6 Å². The monoisotopic (exact) mass is 172 g/mol. The number of likely N-dealkylation sites (tertiary alicyclic amines) is 1. The van der Waals surface area contributed by atoms with Gasteiger partial charge in [0.05, 0.1) is 5.92 Å². The Morgan fingerprint density at radius 2 is 2.42 bits per heavy atom. The average Bonchev–Trinajstić information content (AvgIpc) is 2.03. The van der Waals surface area contributed by atoms with Crippen molar-refractivity contribution in [2.75, 3.05) is 26.7 Å². The molecule has 0 bridgehead atoms. The van der Waals surface area contributed by atoms with Crippen LogP contribution >= 0.6 is 0 Å². The quantitative estimate of drug-likeness (QED) is 0.594. The van der Waals surface area contributed by atoms with Gasteiger partial charge in [0.1, 0.15) is 0 Å². The van der Waals surface area contributed by atoms with Crippen LogP contribution < -0.4 is 5.73 Å². The first-order valence-corrected chi connectivity index (χ1v) is 4.26. The normalized spacial score (nSPS) is 31.8. The highest BCUT2D eigenvalue weighted by atomic mass is 16.4. The molecule has 0 aliphatic carbocycles. The van der Waals surface area contributed by atoms with Crippen molar-refractivity contribution in [1.82, 2.24) is 4.90 Å².